The summed E-state index contributed by atoms with van der Waals surface area (Å²) < 4.78 is 4.92. The number of anilines is 1. The molecule has 0 saturated heterocycles. The molecule has 0 bridgehead atoms. The van der Waals surface area contributed by atoms with Crippen molar-refractivity contribution in [1.29, 1.82) is 0 Å². The maximum Gasteiger partial charge on any atom is 0.308 e. The number of hydrogen-bond donors (Lipinski definition) is 1. The van der Waals surface area contributed by atoms with Gasteiger partial charge in [-0.05, 0) is 23.8 Å². The first-order chi connectivity index (χ1) is 9.63. The molecule has 0 unspecified atom stereocenters. The first-order valence-corrected chi connectivity index (χ1v) is 6.68. The Morgan fingerprint density at radius 1 is 1.30 bits per heavy atom. The summed E-state index contributed by atoms with van der Waals surface area (Å²) in [5.74, 6) is -0.137. The molecule has 102 valence electrons. The Hall–Kier alpha value is -2.47. The number of benzene rings is 1. The largest absolute Gasteiger partial charge is 0.427 e. The highest BCUT2D eigenvalue weighted by atomic mass is 32.1. The molecule has 0 aliphatic heterocycles. The van der Waals surface area contributed by atoms with Gasteiger partial charge in [0.15, 0.2) is 5.13 Å². The number of rotatable bonds is 4. The summed E-state index contributed by atoms with van der Waals surface area (Å²) in [6.07, 6.45) is 4.71. The predicted octanol–water partition coefficient (Wildman–Crippen LogP) is 2.72. The monoisotopic (exact) mass is 288 g/mol. The summed E-state index contributed by atoms with van der Waals surface area (Å²) >= 11 is 1.36. The fourth-order valence-electron chi connectivity index (χ4n) is 1.42. The van der Waals surface area contributed by atoms with Gasteiger partial charge in [0.1, 0.15) is 5.75 Å². The zero-order valence-electron chi connectivity index (χ0n) is 10.7. The van der Waals surface area contributed by atoms with Crippen LogP contribution in [0.3, 0.4) is 0 Å². The van der Waals surface area contributed by atoms with Gasteiger partial charge < -0.3 is 4.74 Å². The number of esters is 1. The molecular formula is C14H12N2O3S. The Balaban J connectivity index is 1.93. The van der Waals surface area contributed by atoms with Crippen molar-refractivity contribution in [2.75, 3.05) is 5.32 Å². The van der Waals surface area contributed by atoms with Crippen LogP contribution in [0.2, 0.25) is 0 Å². The van der Waals surface area contributed by atoms with Crippen LogP contribution in [0.25, 0.3) is 6.08 Å². The molecule has 2 aromatic rings. The van der Waals surface area contributed by atoms with E-state index in [0.717, 1.165) is 5.56 Å². The maximum atomic E-state index is 11.6. The number of amides is 1. The van der Waals surface area contributed by atoms with E-state index < -0.39 is 0 Å². The lowest BCUT2D eigenvalue weighted by molar-refractivity contribution is -0.131. The molecule has 1 amide bonds. The van der Waals surface area contributed by atoms with Crippen LogP contribution in [0, 0.1) is 0 Å². The van der Waals surface area contributed by atoms with Gasteiger partial charge in [0.2, 0.25) is 5.91 Å². The fourth-order valence-corrected chi connectivity index (χ4v) is 1.95. The topological polar surface area (TPSA) is 68.3 Å². The minimum absolute atomic E-state index is 0.246. The third kappa shape index (κ3) is 4.33. The Morgan fingerprint density at radius 3 is 2.65 bits per heavy atom. The molecule has 0 spiro atoms. The lowest BCUT2D eigenvalue weighted by Crippen LogP contribution is -2.07. The van der Waals surface area contributed by atoms with Crippen LogP contribution in [-0.2, 0) is 9.59 Å². The van der Waals surface area contributed by atoms with Crippen LogP contribution in [-0.4, -0.2) is 16.9 Å². The van der Waals surface area contributed by atoms with E-state index >= 15 is 0 Å². The Kier molecular flexibility index (Phi) is 4.62. The van der Waals surface area contributed by atoms with E-state index in [-0.39, 0.29) is 11.9 Å². The van der Waals surface area contributed by atoms with E-state index in [9.17, 15) is 9.59 Å². The van der Waals surface area contributed by atoms with Gasteiger partial charge in [0.25, 0.3) is 0 Å². The van der Waals surface area contributed by atoms with Gasteiger partial charge >= 0.3 is 5.97 Å². The van der Waals surface area contributed by atoms with E-state index in [1.165, 1.54) is 24.3 Å². The van der Waals surface area contributed by atoms with Gasteiger partial charge in [-0.2, -0.15) is 0 Å². The molecule has 6 heteroatoms. The van der Waals surface area contributed by atoms with Gasteiger partial charge in [-0.3, -0.25) is 14.9 Å². The van der Waals surface area contributed by atoms with Crippen LogP contribution < -0.4 is 10.1 Å². The second-order valence-corrected chi connectivity index (χ2v) is 4.72. The van der Waals surface area contributed by atoms with E-state index in [1.807, 2.05) is 0 Å². The molecule has 1 aromatic carbocycles. The Bertz CT molecular complexity index is 618. The molecule has 1 aromatic heterocycles. The highest BCUT2D eigenvalue weighted by molar-refractivity contribution is 7.13. The van der Waals surface area contributed by atoms with Crippen molar-refractivity contribution in [2.45, 2.75) is 6.92 Å². The third-order valence-electron chi connectivity index (χ3n) is 2.23. The van der Waals surface area contributed by atoms with Crippen molar-refractivity contribution in [3.05, 3.63) is 47.5 Å². The molecule has 0 fully saturated rings. The number of hydrogen-bond acceptors (Lipinski definition) is 5. The predicted molar refractivity (Wildman–Crippen MR) is 77.5 cm³/mol. The molecule has 0 radical (unpaired) electrons. The van der Waals surface area contributed by atoms with Crippen LogP contribution >= 0.6 is 11.3 Å². The van der Waals surface area contributed by atoms with Crippen molar-refractivity contribution in [1.82, 2.24) is 4.98 Å². The molecule has 0 atom stereocenters. The minimum Gasteiger partial charge on any atom is -0.427 e. The lowest BCUT2D eigenvalue weighted by atomic mass is 10.2. The van der Waals surface area contributed by atoms with Crippen molar-refractivity contribution >= 4 is 34.4 Å². The molecule has 20 heavy (non-hydrogen) atoms. The SMILES string of the molecule is CC(=O)Oc1ccc(/C=C/C(=O)Nc2nccs2)cc1. The van der Waals surface area contributed by atoms with Crippen molar-refractivity contribution in [3.63, 3.8) is 0 Å². The minimum atomic E-state index is -0.365. The smallest absolute Gasteiger partial charge is 0.308 e. The average molecular weight is 288 g/mol. The average Bonchev–Trinajstić information content (AvgIpc) is 2.90. The summed E-state index contributed by atoms with van der Waals surface area (Å²) in [5, 5.41) is 4.99. The highest BCUT2D eigenvalue weighted by Crippen LogP contribution is 2.14. The van der Waals surface area contributed by atoms with Crippen molar-refractivity contribution < 1.29 is 14.3 Å². The Labute approximate surface area is 119 Å². The van der Waals surface area contributed by atoms with Crippen LogP contribution in [0.1, 0.15) is 12.5 Å². The number of nitrogens with one attached hydrogen (secondary N) is 1. The van der Waals surface area contributed by atoms with Crippen LogP contribution in [0.15, 0.2) is 41.9 Å². The highest BCUT2D eigenvalue weighted by Gasteiger charge is 2.00. The van der Waals surface area contributed by atoms with Crippen LogP contribution in [0.4, 0.5) is 5.13 Å². The number of thiazole rings is 1. The third-order valence-corrected chi connectivity index (χ3v) is 2.92. The lowest BCUT2D eigenvalue weighted by Gasteiger charge is -2.00. The molecule has 5 nitrogen and oxygen atoms in total. The summed E-state index contributed by atoms with van der Waals surface area (Å²) in [7, 11) is 0. The number of ether oxygens (including phenoxy) is 1. The zero-order chi connectivity index (χ0) is 14.4. The van der Waals surface area contributed by atoms with Crippen LogP contribution in [0.5, 0.6) is 5.75 Å². The molecule has 0 aliphatic carbocycles. The molecule has 0 saturated carbocycles. The first-order valence-electron chi connectivity index (χ1n) is 5.80. The second kappa shape index (κ2) is 6.63. The van der Waals surface area contributed by atoms with Gasteiger partial charge in [-0.25, -0.2) is 4.98 Å². The summed E-state index contributed by atoms with van der Waals surface area (Å²) in [6, 6.07) is 6.84. The molecule has 1 N–H and O–H groups in total. The normalized spacial score (nSPS) is 10.4. The van der Waals surface area contributed by atoms with Gasteiger partial charge in [-0.1, -0.05) is 12.1 Å². The van der Waals surface area contributed by atoms with E-state index in [2.05, 4.69) is 10.3 Å². The van der Waals surface area contributed by atoms with E-state index in [1.54, 1.807) is 41.9 Å². The van der Waals surface area contributed by atoms with Gasteiger partial charge in [0.05, 0.1) is 0 Å². The zero-order valence-corrected chi connectivity index (χ0v) is 11.5. The molecule has 2 rings (SSSR count). The Morgan fingerprint density at radius 2 is 2.05 bits per heavy atom. The number of carbonyl (C=O) groups excluding carboxylic acids is 2. The van der Waals surface area contributed by atoms with Crippen molar-refractivity contribution in [2.24, 2.45) is 0 Å². The second-order valence-electron chi connectivity index (χ2n) is 3.82. The summed E-state index contributed by atoms with van der Waals surface area (Å²) in [6.45, 7) is 1.34. The number of aromatic nitrogens is 1. The van der Waals surface area contributed by atoms with Crippen molar-refractivity contribution in [3.8, 4) is 5.75 Å². The fraction of sp³-hybridized carbons (Fsp3) is 0.0714. The number of carbonyl (C=O) groups is 2. The quantitative estimate of drug-likeness (QED) is 0.533. The molecular weight excluding hydrogens is 276 g/mol. The van der Waals surface area contributed by atoms with E-state index in [4.69, 9.17) is 4.74 Å². The molecule has 1 heterocycles. The van der Waals surface area contributed by atoms with Gasteiger partial charge in [-0.15, -0.1) is 11.3 Å². The standard InChI is InChI=1S/C14H12N2O3S/c1-10(17)19-12-5-2-11(3-6-12)4-7-13(18)16-14-15-8-9-20-14/h2-9H,1H3,(H,15,16,18)/b7-4+. The number of nitrogens with zero attached hydrogens (tertiary/aromatic N) is 1. The summed E-state index contributed by atoms with van der Waals surface area (Å²) in [5.41, 5.74) is 0.829. The van der Waals surface area contributed by atoms with Gasteiger partial charge in [0, 0.05) is 24.6 Å². The molecule has 0 aliphatic rings. The maximum absolute atomic E-state index is 11.6. The first kappa shape index (κ1) is 14.0. The van der Waals surface area contributed by atoms with E-state index in [0.29, 0.717) is 10.9 Å². The summed E-state index contributed by atoms with van der Waals surface area (Å²) in [4.78, 5) is 26.3.